The van der Waals surface area contributed by atoms with Crippen LogP contribution in [0.2, 0.25) is 5.02 Å². The van der Waals surface area contributed by atoms with E-state index in [2.05, 4.69) is 4.72 Å². The van der Waals surface area contributed by atoms with Crippen LogP contribution in [0.4, 0.5) is 5.69 Å². The zero-order valence-electron chi connectivity index (χ0n) is 15.0. The Morgan fingerprint density at radius 2 is 1.67 bits per heavy atom. The van der Waals surface area contributed by atoms with Crippen molar-refractivity contribution in [1.82, 2.24) is 0 Å². The van der Waals surface area contributed by atoms with E-state index in [0.29, 0.717) is 0 Å². The molecule has 0 unspecified atom stereocenters. The number of sulfonamides is 1. The van der Waals surface area contributed by atoms with Crippen LogP contribution in [-0.4, -0.2) is 42.8 Å². The Morgan fingerprint density at radius 3 is 2.19 bits per heavy atom. The topological polar surface area (TPSA) is 100 Å². The molecule has 2 aromatic carbocycles. The number of benzene rings is 2. The van der Waals surface area contributed by atoms with Gasteiger partial charge in [0.05, 0.1) is 38.9 Å². The van der Waals surface area contributed by atoms with Gasteiger partial charge in [0.2, 0.25) is 5.75 Å². The first kappa shape index (κ1) is 20.7. The molecule has 10 heteroatoms. The SMILES string of the molecule is COC(=O)c1cc(OC)c(OC)c(OC)c1NS(=O)(=O)c1cccc(Cl)c1. The summed E-state index contributed by atoms with van der Waals surface area (Å²) >= 11 is 5.88. The monoisotopic (exact) mass is 415 g/mol. The zero-order chi connectivity index (χ0) is 20.2. The second-order valence-electron chi connectivity index (χ2n) is 5.12. The number of rotatable bonds is 7. The summed E-state index contributed by atoms with van der Waals surface area (Å²) < 4.78 is 48.4. The molecule has 0 radical (unpaired) electrons. The number of anilines is 1. The van der Waals surface area contributed by atoms with E-state index in [4.69, 9.17) is 30.5 Å². The first-order valence-electron chi connectivity index (χ1n) is 7.48. The molecule has 1 N–H and O–H groups in total. The number of esters is 1. The summed E-state index contributed by atoms with van der Waals surface area (Å²) in [5.41, 5.74) is -0.264. The summed E-state index contributed by atoms with van der Waals surface area (Å²) in [6.07, 6.45) is 0. The summed E-state index contributed by atoms with van der Waals surface area (Å²) in [6, 6.07) is 6.96. The Labute approximate surface area is 162 Å². The van der Waals surface area contributed by atoms with E-state index < -0.39 is 16.0 Å². The van der Waals surface area contributed by atoms with Crippen LogP contribution < -0.4 is 18.9 Å². The fourth-order valence-corrected chi connectivity index (χ4v) is 3.74. The van der Waals surface area contributed by atoms with E-state index in [1.54, 1.807) is 0 Å². The molecule has 0 aliphatic rings. The summed E-state index contributed by atoms with van der Waals surface area (Å²) in [5, 5.41) is 0.241. The average molecular weight is 416 g/mol. The number of hydrogen-bond donors (Lipinski definition) is 1. The molecular weight excluding hydrogens is 398 g/mol. The molecule has 2 aromatic rings. The molecule has 146 valence electrons. The second-order valence-corrected chi connectivity index (χ2v) is 7.24. The van der Waals surface area contributed by atoms with E-state index in [0.717, 1.165) is 0 Å². The maximum atomic E-state index is 12.8. The van der Waals surface area contributed by atoms with Gasteiger partial charge in [-0.2, -0.15) is 0 Å². The van der Waals surface area contributed by atoms with Gasteiger partial charge in [-0.3, -0.25) is 4.72 Å². The van der Waals surface area contributed by atoms with E-state index in [1.807, 2.05) is 0 Å². The summed E-state index contributed by atoms with van der Waals surface area (Å²) in [5.74, 6) is -0.558. The van der Waals surface area contributed by atoms with Crippen molar-refractivity contribution in [2.75, 3.05) is 33.2 Å². The highest BCUT2D eigenvalue weighted by molar-refractivity contribution is 7.92. The van der Waals surface area contributed by atoms with Crippen molar-refractivity contribution in [3.63, 3.8) is 0 Å². The first-order valence-corrected chi connectivity index (χ1v) is 9.34. The van der Waals surface area contributed by atoms with Crippen molar-refractivity contribution >= 4 is 33.3 Å². The van der Waals surface area contributed by atoms with Crippen molar-refractivity contribution in [3.05, 3.63) is 40.9 Å². The van der Waals surface area contributed by atoms with Gasteiger partial charge in [0.25, 0.3) is 10.0 Å². The van der Waals surface area contributed by atoms with Crippen LogP contribution in [0, 0.1) is 0 Å². The molecule has 0 fully saturated rings. The van der Waals surface area contributed by atoms with Gasteiger partial charge in [-0.25, -0.2) is 13.2 Å². The van der Waals surface area contributed by atoms with Crippen LogP contribution in [0.1, 0.15) is 10.4 Å². The molecule has 0 saturated heterocycles. The number of ether oxygens (including phenoxy) is 4. The Hall–Kier alpha value is -2.65. The third-order valence-electron chi connectivity index (χ3n) is 3.58. The minimum absolute atomic E-state index is 0.0390. The summed E-state index contributed by atoms with van der Waals surface area (Å²) in [6.45, 7) is 0. The Balaban J connectivity index is 2.71. The third-order valence-corrected chi connectivity index (χ3v) is 5.16. The number of hydrogen-bond acceptors (Lipinski definition) is 7. The highest BCUT2D eigenvalue weighted by Crippen LogP contribution is 2.46. The Kier molecular flexibility index (Phi) is 6.40. The number of carbonyl (C=O) groups excluding carboxylic acids is 1. The molecular formula is C17H18ClNO7S. The van der Waals surface area contributed by atoms with Crippen LogP contribution in [0.25, 0.3) is 0 Å². The summed E-state index contributed by atoms with van der Waals surface area (Å²) in [4.78, 5) is 12.1. The fraction of sp³-hybridized carbons (Fsp3) is 0.235. The molecule has 0 aliphatic heterocycles. The lowest BCUT2D eigenvalue weighted by molar-refractivity contribution is 0.0601. The largest absolute Gasteiger partial charge is 0.493 e. The molecule has 0 heterocycles. The van der Waals surface area contributed by atoms with Crippen LogP contribution in [-0.2, 0) is 14.8 Å². The van der Waals surface area contributed by atoms with Gasteiger partial charge >= 0.3 is 5.97 Å². The number of nitrogens with one attached hydrogen (secondary N) is 1. The van der Waals surface area contributed by atoms with Crippen molar-refractivity contribution in [3.8, 4) is 17.2 Å². The highest BCUT2D eigenvalue weighted by atomic mass is 35.5. The smallest absolute Gasteiger partial charge is 0.340 e. The molecule has 0 aliphatic carbocycles. The maximum absolute atomic E-state index is 12.8. The first-order chi connectivity index (χ1) is 12.8. The van der Waals surface area contributed by atoms with E-state index in [9.17, 15) is 13.2 Å². The van der Waals surface area contributed by atoms with Gasteiger partial charge in [-0.05, 0) is 18.2 Å². The Bertz CT molecular complexity index is 960. The van der Waals surface area contributed by atoms with Crippen LogP contribution >= 0.6 is 11.6 Å². The van der Waals surface area contributed by atoms with Gasteiger partial charge < -0.3 is 18.9 Å². The summed E-state index contributed by atoms with van der Waals surface area (Å²) in [7, 11) is 1.10. The molecule has 0 spiro atoms. The van der Waals surface area contributed by atoms with Gasteiger partial charge in [-0.15, -0.1) is 0 Å². The lowest BCUT2D eigenvalue weighted by Crippen LogP contribution is -2.17. The van der Waals surface area contributed by atoms with Gasteiger partial charge in [0.1, 0.15) is 5.69 Å². The predicted octanol–water partition coefficient (Wildman–Crippen LogP) is 2.95. The molecule has 0 amide bonds. The van der Waals surface area contributed by atoms with Crippen molar-refractivity contribution in [1.29, 1.82) is 0 Å². The van der Waals surface area contributed by atoms with E-state index >= 15 is 0 Å². The maximum Gasteiger partial charge on any atom is 0.340 e. The molecule has 0 saturated carbocycles. The van der Waals surface area contributed by atoms with Gasteiger partial charge in [0.15, 0.2) is 11.5 Å². The second kappa shape index (κ2) is 8.36. The fourth-order valence-electron chi connectivity index (χ4n) is 2.36. The molecule has 0 bridgehead atoms. The van der Waals surface area contributed by atoms with Gasteiger partial charge in [0, 0.05) is 11.1 Å². The van der Waals surface area contributed by atoms with E-state index in [1.165, 1.54) is 58.8 Å². The lowest BCUT2D eigenvalue weighted by atomic mass is 10.1. The molecule has 0 atom stereocenters. The van der Waals surface area contributed by atoms with Crippen molar-refractivity contribution in [2.45, 2.75) is 4.90 Å². The molecule has 8 nitrogen and oxygen atoms in total. The minimum Gasteiger partial charge on any atom is -0.493 e. The zero-order valence-corrected chi connectivity index (χ0v) is 16.6. The highest BCUT2D eigenvalue weighted by Gasteiger charge is 2.28. The number of carbonyl (C=O) groups is 1. The van der Waals surface area contributed by atoms with Crippen LogP contribution in [0.3, 0.4) is 0 Å². The molecule has 0 aromatic heterocycles. The normalized spacial score (nSPS) is 10.9. The standard InChI is InChI=1S/C17H18ClNO7S/c1-23-13-9-12(17(20)26-4)14(16(25-3)15(13)24-2)19-27(21,22)11-7-5-6-10(18)8-11/h5-9,19H,1-4H3. The molecule has 27 heavy (non-hydrogen) atoms. The average Bonchev–Trinajstić information content (AvgIpc) is 2.66. The van der Waals surface area contributed by atoms with Crippen LogP contribution in [0.15, 0.2) is 35.2 Å². The minimum atomic E-state index is -4.10. The third kappa shape index (κ3) is 4.20. The predicted molar refractivity (Wildman–Crippen MR) is 99.7 cm³/mol. The number of halogens is 1. The van der Waals surface area contributed by atoms with Crippen molar-refractivity contribution in [2.24, 2.45) is 0 Å². The van der Waals surface area contributed by atoms with Gasteiger partial charge in [-0.1, -0.05) is 17.7 Å². The van der Waals surface area contributed by atoms with E-state index in [-0.39, 0.29) is 38.4 Å². The van der Waals surface area contributed by atoms with Crippen LogP contribution in [0.5, 0.6) is 17.2 Å². The van der Waals surface area contributed by atoms with Crippen molar-refractivity contribution < 1.29 is 32.2 Å². The Morgan fingerprint density at radius 1 is 1.00 bits per heavy atom. The molecule has 2 rings (SSSR count). The quantitative estimate of drug-likeness (QED) is 0.694. The lowest BCUT2D eigenvalue weighted by Gasteiger charge is -2.19. The number of methoxy groups -OCH3 is 4.